The molecule has 200 valence electrons. The number of halogens is 3. The van der Waals surface area contributed by atoms with Crippen molar-refractivity contribution in [3.63, 3.8) is 0 Å². The topological polar surface area (TPSA) is 61.4 Å². The van der Waals surface area contributed by atoms with Crippen LogP contribution in [-0.4, -0.2) is 31.8 Å². The Balaban J connectivity index is 1.30. The standard InChI is InChI=1S/C31H23F3N4O2/c1-40-29-10-8-22(15-23(29)7-9-25-17-35-30-4-2-3-11-38(25)30)28(39)14-20-12-24(31(32,33)34)16-26(13-20)37-18-27(36-19-37)21-5-6-21/h2-4,8,10-13,15-19,21H,5-6,14H2,1H3. The first-order valence-electron chi connectivity index (χ1n) is 12.7. The van der Waals surface area contributed by atoms with E-state index in [1.165, 1.54) is 13.4 Å². The Morgan fingerprint density at radius 3 is 2.70 bits per heavy atom. The number of hydrogen-bond acceptors (Lipinski definition) is 4. The second kappa shape index (κ2) is 10.0. The predicted octanol–water partition coefficient (Wildman–Crippen LogP) is 6.25. The van der Waals surface area contributed by atoms with Gasteiger partial charge in [0.2, 0.25) is 0 Å². The average molecular weight is 541 g/mol. The Morgan fingerprint density at radius 1 is 1.07 bits per heavy atom. The maximum Gasteiger partial charge on any atom is 0.416 e. The fraction of sp³-hybridized carbons (Fsp3) is 0.194. The fourth-order valence-electron chi connectivity index (χ4n) is 4.58. The number of nitrogens with zero attached hydrogens (tertiary/aromatic N) is 4. The number of aromatic nitrogens is 4. The number of imidazole rings is 2. The average Bonchev–Trinajstić information content (AvgIpc) is 3.53. The summed E-state index contributed by atoms with van der Waals surface area (Å²) in [5.41, 5.74) is 2.83. The van der Waals surface area contributed by atoms with E-state index in [-0.39, 0.29) is 17.8 Å². The van der Waals surface area contributed by atoms with E-state index in [2.05, 4.69) is 21.8 Å². The van der Waals surface area contributed by atoms with Gasteiger partial charge in [-0.2, -0.15) is 13.2 Å². The quantitative estimate of drug-likeness (QED) is 0.189. The van der Waals surface area contributed by atoms with Gasteiger partial charge in [0.25, 0.3) is 0 Å². The number of benzene rings is 2. The fourth-order valence-corrected chi connectivity index (χ4v) is 4.58. The van der Waals surface area contributed by atoms with Crippen LogP contribution in [0.1, 0.15) is 57.2 Å². The van der Waals surface area contributed by atoms with Crippen LogP contribution in [0.4, 0.5) is 13.2 Å². The smallest absolute Gasteiger partial charge is 0.416 e. The predicted molar refractivity (Wildman–Crippen MR) is 143 cm³/mol. The molecule has 6 rings (SSSR count). The molecule has 0 atom stereocenters. The molecule has 1 aliphatic carbocycles. The monoisotopic (exact) mass is 540 g/mol. The van der Waals surface area contributed by atoms with Crippen molar-refractivity contribution >= 4 is 11.4 Å². The van der Waals surface area contributed by atoms with Crippen LogP contribution in [0.25, 0.3) is 11.3 Å². The van der Waals surface area contributed by atoms with E-state index in [1.54, 1.807) is 41.2 Å². The molecule has 9 heteroatoms. The Kier molecular flexibility index (Phi) is 6.39. The van der Waals surface area contributed by atoms with Crippen LogP contribution in [-0.2, 0) is 12.6 Å². The number of ether oxygens (including phenoxy) is 1. The van der Waals surface area contributed by atoms with E-state index in [1.807, 2.05) is 28.8 Å². The van der Waals surface area contributed by atoms with Crippen molar-refractivity contribution in [1.82, 2.24) is 18.9 Å². The van der Waals surface area contributed by atoms with E-state index in [9.17, 15) is 18.0 Å². The lowest BCUT2D eigenvalue weighted by Crippen LogP contribution is -2.10. The molecule has 3 heterocycles. The van der Waals surface area contributed by atoms with Gasteiger partial charge in [-0.3, -0.25) is 9.20 Å². The van der Waals surface area contributed by atoms with Gasteiger partial charge in [0.15, 0.2) is 5.78 Å². The van der Waals surface area contributed by atoms with E-state index in [0.717, 1.165) is 36.3 Å². The lowest BCUT2D eigenvalue weighted by Gasteiger charge is -2.13. The number of carbonyl (C=O) groups is 1. The summed E-state index contributed by atoms with van der Waals surface area (Å²) in [6, 6.07) is 14.1. The minimum absolute atomic E-state index is 0.215. The van der Waals surface area contributed by atoms with Crippen molar-refractivity contribution in [2.24, 2.45) is 0 Å². The summed E-state index contributed by atoms with van der Waals surface area (Å²) >= 11 is 0. The number of alkyl halides is 3. The van der Waals surface area contributed by atoms with Gasteiger partial charge in [-0.15, -0.1) is 0 Å². The number of rotatable bonds is 6. The van der Waals surface area contributed by atoms with Crippen molar-refractivity contribution in [3.05, 3.63) is 113 Å². The van der Waals surface area contributed by atoms with Gasteiger partial charge in [-0.05, 0) is 72.9 Å². The number of pyridine rings is 1. The van der Waals surface area contributed by atoms with Crippen LogP contribution in [0.5, 0.6) is 5.75 Å². The van der Waals surface area contributed by atoms with Gasteiger partial charge >= 0.3 is 6.18 Å². The number of hydrogen-bond donors (Lipinski definition) is 0. The third-order valence-corrected chi connectivity index (χ3v) is 6.83. The highest BCUT2D eigenvalue weighted by Gasteiger charge is 2.32. The molecule has 6 nitrogen and oxygen atoms in total. The Morgan fingerprint density at radius 2 is 1.93 bits per heavy atom. The lowest BCUT2D eigenvalue weighted by molar-refractivity contribution is -0.137. The first-order chi connectivity index (χ1) is 19.3. The van der Waals surface area contributed by atoms with Gasteiger partial charge in [0.1, 0.15) is 17.1 Å². The molecule has 40 heavy (non-hydrogen) atoms. The molecular formula is C31H23F3N4O2. The van der Waals surface area contributed by atoms with E-state index in [0.29, 0.717) is 34.2 Å². The van der Waals surface area contributed by atoms with Crippen LogP contribution < -0.4 is 4.74 Å². The highest BCUT2D eigenvalue weighted by molar-refractivity contribution is 5.98. The maximum absolute atomic E-state index is 13.8. The van der Waals surface area contributed by atoms with Gasteiger partial charge in [-0.25, -0.2) is 9.97 Å². The van der Waals surface area contributed by atoms with Crippen LogP contribution in [0.2, 0.25) is 0 Å². The highest BCUT2D eigenvalue weighted by atomic mass is 19.4. The number of methoxy groups -OCH3 is 1. The molecule has 1 saturated carbocycles. The molecule has 0 unspecified atom stereocenters. The normalized spacial score (nSPS) is 13.2. The zero-order valence-electron chi connectivity index (χ0n) is 21.4. The number of fused-ring (bicyclic) bond motifs is 1. The second-order valence-corrected chi connectivity index (χ2v) is 9.70. The van der Waals surface area contributed by atoms with E-state index < -0.39 is 11.7 Å². The Labute approximate surface area is 228 Å². The van der Waals surface area contributed by atoms with Crippen molar-refractivity contribution in [3.8, 4) is 23.3 Å². The number of carbonyl (C=O) groups excluding carboxylic acids is 1. The molecule has 2 aromatic carbocycles. The first-order valence-corrected chi connectivity index (χ1v) is 12.7. The molecular weight excluding hydrogens is 517 g/mol. The largest absolute Gasteiger partial charge is 0.495 e. The van der Waals surface area contributed by atoms with Gasteiger partial charge in [0.05, 0.1) is 36.5 Å². The molecule has 0 bridgehead atoms. The third-order valence-electron chi connectivity index (χ3n) is 6.83. The summed E-state index contributed by atoms with van der Waals surface area (Å²) in [4.78, 5) is 22.0. The summed E-state index contributed by atoms with van der Waals surface area (Å²) in [7, 11) is 1.51. The van der Waals surface area contributed by atoms with Gasteiger partial charge in [-0.1, -0.05) is 12.0 Å². The van der Waals surface area contributed by atoms with Crippen LogP contribution >= 0.6 is 0 Å². The van der Waals surface area contributed by atoms with Crippen LogP contribution in [0.3, 0.4) is 0 Å². The molecule has 0 amide bonds. The lowest BCUT2D eigenvalue weighted by atomic mass is 9.98. The van der Waals surface area contributed by atoms with E-state index in [4.69, 9.17) is 4.74 Å². The first kappa shape index (κ1) is 25.4. The summed E-state index contributed by atoms with van der Waals surface area (Å²) in [6.07, 6.45) is 4.08. The van der Waals surface area contributed by atoms with Crippen LogP contribution in [0, 0.1) is 11.8 Å². The molecule has 0 saturated heterocycles. The van der Waals surface area contributed by atoms with Crippen molar-refractivity contribution in [2.75, 3.05) is 7.11 Å². The van der Waals surface area contributed by atoms with Gasteiger partial charge < -0.3 is 9.30 Å². The highest BCUT2D eigenvalue weighted by Crippen LogP contribution is 2.39. The molecule has 1 fully saturated rings. The summed E-state index contributed by atoms with van der Waals surface area (Å²) in [6.45, 7) is 0. The SMILES string of the molecule is COc1ccc(C(=O)Cc2cc(-n3cnc(C4CC4)c3)cc(C(F)(F)F)c2)cc1C#Cc1cnc2ccccn12. The summed E-state index contributed by atoms with van der Waals surface area (Å²) in [5, 5.41) is 0. The molecule has 3 aromatic heterocycles. The molecule has 0 radical (unpaired) electrons. The molecule has 5 aromatic rings. The maximum atomic E-state index is 13.8. The van der Waals surface area contributed by atoms with Gasteiger partial charge in [0, 0.05) is 36.0 Å². The number of Topliss-reactive ketones (excluding diaryl/α,β-unsaturated/α-hetero) is 1. The second-order valence-electron chi connectivity index (χ2n) is 9.70. The van der Waals surface area contributed by atoms with Crippen molar-refractivity contribution < 1.29 is 22.7 Å². The Hall–Kier alpha value is -4.84. The molecule has 0 N–H and O–H groups in total. The Bertz CT molecular complexity index is 1800. The third kappa shape index (κ3) is 5.21. The number of ketones is 1. The van der Waals surface area contributed by atoms with Crippen molar-refractivity contribution in [2.45, 2.75) is 31.4 Å². The summed E-state index contributed by atoms with van der Waals surface area (Å²) < 4.78 is 50.1. The molecule has 0 spiro atoms. The summed E-state index contributed by atoms with van der Waals surface area (Å²) in [5.74, 6) is 6.62. The zero-order valence-corrected chi connectivity index (χ0v) is 21.4. The molecule has 0 aliphatic heterocycles. The van der Waals surface area contributed by atoms with Crippen molar-refractivity contribution in [1.29, 1.82) is 0 Å². The molecule has 1 aliphatic rings. The van der Waals surface area contributed by atoms with Crippen LogP contribution in [0.15, 0.2) is 79.5 Å². The minimum atomic E-state index is -4.56. The zero-order chi connectivity index (χ0) is 27.9. The minimum Gasteiger partial charge on any atom is -0.495 e. The van der Waals surface area contributed by atoms with E-state index >= 15 is 0 Å².